The maximum absolute atomic E-state index is 2.33. The highest BCUT2D eigenvalue weighted by Crippen LogP contribution is 2.30. The van der Waals surface area contributed by atoms with Gasteiger partial charge in [-0.05, 0) is 23.6 Å². The summed E-state index contributed by atoms with van der Waals surface area (Å²) in [7, 11) is 4.60. The van der Waals surface area contributed by atoms with Crippen LogP contribution < -0.4 is 0 Å². The van der Waals surface area contributed by atoms with Gasteiger partial charge in [0.15, 0.2) is 0 Å². The Morgan fingerprint density at radius 2 is 2.13 bits per heavy atom. The van der Waals surface area contributed by atoms with Crippen molar-refractivity contribution < 1.29 is 4.48 Å². The molecule has 0 amide bonds. The van der Waals surface area contributed by atoms with Gasteiger partial charge in [-0.15, -0.1) is 11.3 Å². The number of nitrogens with zero attached hydrogens (tertiary/aromatic N) is 2. The van der Waals surface area contributed by atoms with Gasteiger partial charge >= 0.3 is 0 Å². The Morgan fingerprint density at radius 3 is 3.00 bits per heavy atom. The molecule has 0 saturated heterocycles. The lowest BCUT2D eigenvalue weighted by Crippen LogP contribution is -2.36. The number of fused-ring (bicyclic) bond motifs is 3. The zero-order valence-corrected chi connectivity index (χ0v) is 9.92. The maximum Gasteiger partial charge on any atom is 0.120 e. The number of aromatic nitrogens is 1. The molecule has 3 rings (SSSR count). The van der Waals surface area contributed by atoms with Gasteiger partial charge in [-0.25, -0.2) is 0 Å². The van der Waals surface area contributed by atoms with E-state index in [1.54, 1.807) is 0 Å². The maximum atomic E-state index is 2.33. The van der Waals surface area contributed by atoms with Crippen LogP contribution in [-0.4, -0.2) is 23.1 Å². The van der Waals surface area contributed by atoms with E-state index in [4.69, 9.17) is 0 Å². The molecular formula is C12H15N2S+. The van der Waals surface area contributed by atoms with E-state index in [9.17, 15) is 0 Å². The molecular weight excluding hydrogens is 204 g/mol. The molecule has 1 aliphatic heterocycles. The normalized spacial score (nSPS) is 18.0. The molecule has 0 saturated carbocycles. The number of rotatable bonds is 0. The van der Waals surface area contributed by atoms with Crippen LogP contribution in [0.15, 0.2) is 29.8 Å². The van der Waals surface area contributed by atoms with Crippen LogP contribution >= 0.6 is 11.3 Å². The molecule has 0 unspecified atom stereocenters. The van der Waals surface area contributed by atoms with Crippen molar-refractivity contribution in [2.45, 2.75) is 13.1 Å². The third-order valence-corrected chi connectivity index (χ3v) is 3.87. The first-order chi connectivity index (χ1) is 7.16. The molecule has 0 bridgehead atoms. The molecule has 0 aliphatic carbocycles. The number of quaternary nitrogens is 1. The third kappa shape index (κ3) is 1.43. The average molecular weight is 219 g/mol. The van der Waals surface area contributed by atoms with Gasteiger partial charge < -0.3 is 9.05 Å². The van der Waals surface area contributed by atoms with Gasteiger partial charge in [0.1, 0.15) is 13.1 Å². The molecule has 0 spiro atoms. The van der Waals surface area contributed by atoms with Crippen LogP contribution in [0.2, 0.25) is 0 Å². The van der Waals surface area contributed by atoms with E-state index in [2.05, 4.69) is 48.4 Å². The fourth-order valence-electron chi connectivity index (χ4n) is 2.33. The highest BCUT2D eigenvalue weighted by molar-refractivity contribution is 7.10. The molecule has 78 valence electrons. The van der Waals surface area contributed by atoms with Gasteiger partial charge in [-0.3, -0.25) is 0 Å². The number of thiophene rings is 1. The Morgan fingerprint density at radius 1 is 1.27 bits per heavy atom. The lowest BCUT2D eigenvalue weighted by atomic mass is 10.3. The summed E-state index contributed by atoms with van der Waals surface area (Å²) >= 11 is 1.87. The highest BCUT2D eigenvalue weighted by Gasteiger charge is 2.26. The SMILES string of the molecule is C[N+]1(C)Cc2sccc2-n2cccc2C1. The van der Waals surface area contributed by atoms with Crippen LogP contribution in [0.4, 0.5) is 0 Å². The van der Waals surface area contributed by atoms with Crippen LogP contribution in [0, 0.1) is 0 Å². The van der Waals surface area contributed by atoms with Crippen molar-refractivity contribution >= 4 is 11.3 Å². The molecule has 3 heterocycles. The molecule has 0 radical (unpaired) electrons. The Balaban J connectivity index is 2.25. The Hall–Kier alpha value is -1.06. The van der Waals surface area contributed by atoms with Crippen LogP contribution in [-0.2, 0) is 13.1 Å². The molecule has 1 aliphatic rings. The monoisotopic (exact) mass is 219 g/mol. The van der Waals surface area contributed by atoms with Crippen molar-refractivity contribution in [3.05, 3.63) is 40.3 Å². The lowest BCUT2D eigenvalue weighted by molar-refractivity contribution is -0.916. The summed E-state index contributed by atoms with van der Waals surface area (Å²) in [6, 6.07) is 6.60. The van der Waals surface area contributed by atoms with Crippen molar-refractivity contribution in [3.8, 4) is 5.69 Å². The first kappa shape index (κ1) is 9.19. The Labute approximate surface area is 94.0 Å². The smallest absolute Gasteiger partial charge is 0.120 e. The summed E-state index contributed by atoms with van der Waals surface area (Å²) in [4.78, 5) is 1.50. The molecule has 2 aromatic rings. The Bertz CT molecular complexity index is 449. The molecule has 3 heteroatoms. The average Bonchev–Trinajstić information content (AvgIpc) is 2.71. The summed E-state index contributed by atoms with van der Waals surface area (Å²) in [6.45, 7) is 2.24. The van der Waals surface area contributed by atoms with E-state index in [1.165, 1.54) is 16.3 Å². The molecule has 15 heavy (non-hydrogen) atoms. The molecule has 0 N–H and O–H groups in total. The molecule has 0 fully saturated rings. The van der Waals surface area contributed by atoms with Gasteiger partial charge in [-0.2, -0.15) is 0 Å². The first-order valence-corrected chi connectivity index (χ1v) is 6.09. The van der Waals surface area contributed by atoms with Crippen molar-refractivity contribution in [2.24, 2.45) is 0 Å². The van der Waals surface area contributed by atoms with E-state index in [-0.39, 0.29) is 0 Å². The number of hydrogen-bond donors (Lipinski definition) is 0. The minimum absolute atomic E-state index is 1.04. The van der Waals surface area contributed by atoms with E-state index < -0.39 is 0 Å². The topological polar surface area (TPSA) is 4.93 Å². The molecule has 0 aromatic carbocycles. The summed E-state index contributed by atoms with van der Waals surface area (Å²) in [5.41, 5.74) is 2.79. The summed E-state index contributed by atoms with van der Waals surface area (Å²) in [5.74, 6) is 0. The quantitative estimate of drug-likeness (QED) is 0.600. The highest BCUT2D eigenvalue weighted by atomic mass is 32.1. The van der Waals surface area contributed by atoms with Gasteiger partial charge in [0.2, 0.25) is 0 Å². The third-order valence-electron chi connectivity index (χ3n) is 2.98. The molecule has 0 atom stereocenters. The van der Waals surface area contributed by atoms with Crippen LogP contribution in [0.5, 0.6) is 0 Å². The molecule has 2 aromatic heterocycles. The van der Waals surface area contributed by atoms with Crippen molar-refractivity contribution in [1.82, 2.24) is 4.57 Å². The minimum Gasteiger partial charge on any atom is -0.319 e. The fourth-order valence-corrected chi connectivity index (χ4v) is 3.40. The minimum atomic E-state index is 1.04. The van der Waals surface area contributed by atoms with Gasteiger partial charge in [0.05, 0.1) is 30.4 Å². The standard InChI is InChI=1S/C12H15N2S/c1-14(2)8-10-4-3-6-13(10)11-5-7-15-12(11)9-14/h3-7H,8-9H2,1-2H3/q+1. The predicted octanol–water partition coefficient (Wildman–Crippen LogP) is 2.63. The number of hydrogen-bond acceptors (Lipinski definition) is 1. The molecule has 2 nitrogen and oxygen atoms in total. The fraction of sp³-hybridized carbons (Fsp3) is 0.333. The van der Waals surface area contributed by atoms with Gasteiger partial charge in [0, 0.05) is 6.20 Å². The second-order valence-electron chi connectivity index (χ2n) is 4.85. The summed E-state index contributed by atoms with van der Waals surface area (Å²) < 4.78 is 3.37. The first-order valence-electron chi connectivity index (χ1n) is 5.21. The van der Waals surface area contributed by atoms with Crippen LogP contribution in [0.1, 0.15) is 10.6 Å². The second kappa shape index (κ2) is 2.97. The predicted molar refractivity (Wildman–Crippen MR) is 63.2 cm³/mol. The van der Waals surface area contributed by atoms with Gasteiger partial charge in [0.25, 0.3) is 0 Å². The Kier molecular flexibility index (Phi) is 1.82. The van der Waals surface area contributed by atoms with Crippen molar-refractivity contribution in [2.75, 3.05) is 14.1 Å². The van der Waals surface area contributed by atoms with E-state index in [1.807, 2.05) is 11.3 Å². The lowest BCUT2D eigenvalue weighted by Gasteiger charge is -2.27. The van der Waals surface area contributed by atoms with Gasteiger partial charge in [-0.1, -0.05) is 0 Å². The van der Waals surface area contributed by atoms with E-state index >= 15 is 0 Å². The zero-order valence-electron chi connectivity index (χ0n) is 9.10. The van der Waals surface area contributed by atoms with Crippen molar-refractivity contribution in [1.29, 1.82) is 0 Å². The zero-order chi connectivity index (χ0) is 10.5. The second-order valence-corrected chi connectivity index (χ2v) is 5.85. The van der Waals surface area contributed by atoms with Crippen LogP contribution in [0.3, 0.4) is 0 Å². The largest absolute Gasteiger partial charge is 0.319 e. The van der Waals surface area contributed by atoms with Crippen LogP contribution in [0.25, 0.3) is 5.69 Å². The van der Waals surface area contributed by atoms with E-state index in [0.29, 0.717) is 0 Å². The summed E-state index contributed by atoms with van der Waals surface area (Å²) in [6.07, 6.45) is 2.17. The van der Waals surface area contributed by atoms with E-state index in [0.717, 1.165) is 17.6 Å². The van der Waals surface area contributed by atoms with Crippen molar-refractivity contribution in [3.63, 3.8) is 0 Å². The summed E-state index contributed by atoms with van der Waals surface area (Å²) in [5, 5.41) is 2.19.